The molecule has 2 amide bonds. The number of hydrogen-bond donors (Lipinski definition) is 2. The van der Waals surface area contributed by atoms with Crippen molar-refractivity contribution in [1.29, 1.82) is 0 Å². The molecule has 0 aliphatic carbocycles. The summed E-state index contributed by atoms with van der Waals surface area (Å²) in [5.41, 5.74) is 3.05. The van der Waals surface area contributed by atoms with Crippen LogP contribution in [0.25, 0.3) is 0 Å². The molecule has 6 nitrogen and oxygen atoms in total. The first-order valence-corrected chi connectivity index (χ1v) is 10.1. The Morgan fingerprint density at radius 1 is 1.10 bits per heavy atom. The predicted octanol–water partition coefficient (Wildman–Crippen LogP) is 4.06. The number of anilines is 1. The molecule has 3 rings (SSSR count). The van der Waals surface area contributed by atoms with Gasteiger partial charge in [0.15, 0.2) is 0 Å². The summed E-state index contributed by atoms with van der Waals surface area (Å²) >= 11 is 0. The maximum absolute atomic E-state index is 13.2. The Morgan fingerprint density at radius 2 is 1.80 bits per heavy atom. The fraction of sp³-hybridized carbons (Fsp3) is 0.375. The number of likely N-dealkylation sites (tertiary alicyclic amines) is 1. The fourth-order valence-electron chi connectivity index (χ4n) is 4.04. The van der Waals surface area contributed by atoms with E-state index in [1.807, 2.05) is 30.0 Å². The van der Waals surface area contributed by atoms with Crippen molar-refractivity contribution in [2.45, 2.75) is 39.5 Å². The number of carbonyl (C=O) groups is 3. The molecule has 1 heterocycles. The second-order valence-corrected chi connectivity index (χ2v) is 8.61. The zero-order valence-electron chi connectivity index (χ0n) is 17.6. The summed E-state index contributed by atoms with van der Waals surface area (Å²) in [5, 5.41) is 11.5. The minimum atomic E-state index is -1.02. The molecule has 1 aliphatic rings. The Bertz CT molecular complexity index is 953. The highest BCUT2D eigenvalue weighted by atomic mass is 16.4. The van der Waals surface area contributed by atoms with Gasteiger partial charge in [-0.15, -0.1) is 0 Å². The third kappa shape index (κ3) is 4.87. The lowest BCUT2D eigenvalue weighted by Gasteiger charge is -2.25. The summed E-state index contributed by atoms with van der Waals surface area (Å²) in [6, 6.07) is 15.5. The lowest BCUT2D eigenvalue weighted by Crippen LogP contribution is -2.30. The number of benzene rings is 2. The van der Waals surface area contributed by atoms with Gasteiger partial charge in [0.2, 0.25) is 5.91 Å². The highest BCUT2D eigenvalue weighted by molar-refractivity contribution is 5.98. The third-order valence-electron chi connectivity index (χ3n) is 5.76. The second kappa shape index (κ2) is 8.69. The van der Waals surface area contributed by atoms with Gasteiger partial charge in [-0.25, -0.2) is 0 Å². The second-order valence-electron chi connectivity index (χ2n) is 8.61. The third-order valence-corrected chi connectivity index (χ3v) is 5.76. The van der Waals surface area contributed by atoms with Crippen molar-refractivity contribution in [3.05, 3.63) is 65.2 Å². The monoisotopic (exact) mass is 408 g/mol. The normalized spacial score (nSPS) is 17.6. The average molecular weight is 408 g/mol. The molecule has 2 aromatic carbocycles. The van der Waals surface area contributed by atoms with E-state index < -0.39 is 5.97 Å². The molecule has 2 aromatic rings. The topological polar surface area (TPSA) is 86.7 Å². The first-order chi connectivity index (χ1) is 14.2. The Kier molecular flexibility index (Phi) is 6.25. The van der Waals surface area contributed by atoms with Crippen LogP contribution in [0.2, 0.25) is 0 Å². The van der Waals surface area contributed by atoms with Crippen LogP contribution in [-0.2, 0) is 9.59 Å². The van der Waals surface area contributed by atoms with E-state index in [2.05, 4.69) is 31.3 Å². The van der Waals surface area contributed by atoms with Crippen LogP contribution in [0.3, 0.4) is 0 Å². The minimum absolute atomic E-state index is 0.0460. The average Bonchev–Trinajstić information content (AvgIpc) is 3.03. The largest absolute Gasteiger partial charge is 0.481 e. The van der Waals surface area contributed by atoms with Crippen LogP contribution in [-0.4, -0.2) is 40.9 Å². The molecular weight excluding hydrogens is 380 g/mol. The van der Waals surface area contributed by atoms with E-state index >= 15 is 0 Å². The molecule has 1 unspecified atom stereocenters. The van der Waals surface area contributed by atoms with Gasteiger partial charge in [-0.3, -0.25) is 14.4 Å². The highest BCUT2D eigenvalue weighted by Crippen LogP contribution is 2.42. The van der Waals surface area contributed by atoms with Gasteiger partial charge in [0, 0.05) is 36.7 Å². The number of hydrogen-bond acceptors (Lipinski definition) is 3. The van der Waals surface area contributed by atoms with Crippen LogP contribution in [0.5, 0.6) is 0 Å². The summed E-state index contributed by atoms with van der Waals surface area (Å²) in [5.74, 6) is -1.21. The quantitative estimate of drug-likeness (QED) is 0.755. The molecule has 6 heteroatoms. The van der Waals surface area contributed by atoms with E-state index in [1.54, 1.807) is 18.2 Å². The summed E-state index contributed by atoms with van der Waals surface area (Å²) < 4.78 is 0. The molecule has 0 spiro atoms. The van der Waals surface area contributed by atoms with Gasteiger partial charge >= 0.3 is 5.97 Å². The number of carboxylic acids is 1. The molecule has 2 N–H and O–H groups in total. The van der Waals surface area contributed by atoms with Crippen molar-refractivity contribution in [2.24, 2.45) is 5.41 Å². The summed E-state index contributed by atoms with van der Waals surface area (Å²) in [7, 11) is 0. The van der Waals surface area contributed by atoms with E-state index in [4.69, 9.17) is 5.11 Å². The number of aliphatic carboxylic acids is 1. The zero-order chi connectivity index (χ0) is 21.9. The first kappa shape index (κ1) is 21.6. The molecular formula is C24H28N2O4. The summed E-state index contributed by atoms with van der Waals surface area (Å²) in [6.45, 7) is 7.50. The van der Waals surface area contributed by atoms with Gasteiger partial charge in [0.05, 0.1) is 6.42 Å². The molecule has 158 valence electrons. The summed E-state index contributed by atoms with van der Waals surface area (Å²) in [4.78, 5) is 37.8. The number of nitrogens with zero attached hydrogens (tertiary/aromatic N) is 1. The zero-order valence-corrected chi connectivity index (χ0v) is 17.6. The molecule has 1 saturated heterocycles. The maximum Gasteiger partial charge on any atom is 0.303 e. The Balaban J connectivity index is 1.75. The molecule has 30 heavy (non-hydrogen) atoms. The Morgan fingerprint density at radius 3 is 2.47 bits per heavy atom. The molecule has 1 fully saturated rings. The van der Waals surface area contributed by atoms with Crippen LogP contribution >= 0.6 is 0 Å². The number of amides is 2. The van der Waals surface area contributed by atoms with Gasteiger partial charge in [-0.1, -0.05) is 50.2 Å². The van der Waals surface area contributed by atoms with Crippen LogP contribution in [0.15, 0.2) is 48.5 Å². The fourth-order valence-corrected chi connectivity index (χ4v) is 4.04. The van der Waals surface area contributed by atoms with E-state index in [0.717, 1.165) is 5.56 Å². The van der Waals surface area contributed by atoms with Crippen molar-refractivity contribution in [3.63, 3.8) is 0 Å². The standard InChI is InChI=1S/C24H28N2O4/c1-16-9-10-18(13-20(16)25-21(27)11-12-22(28)29)23(30)26-14-19(24(2,3)15-26)17-7-5-4-6-8-17/h4-10,13,19H,11-12,14-15H2,1-3H3,(H,25,27)(H,28,29). The summed E-state index contributed by atoms with van der Waals surface area (Å²) in [6.07, 6.45) is -0.334. The van der Waals surface area contributed by atoms with Crippen LogP contribution in [0.1, 0.15) is 54.1 Å². The first-order valence-electron chi connectivity index (χ1n) is 10.1. The van der Waals surface area contributed by atoms with Crippen molar-refractivity contribution in [2.75, 3.05) is 18.4 Å². The molecule has 0 saturated carbocycles. The van der Waals surface area contributed by atoms with Crippen LogP contribution < -0.4 is 5.32 Å². The number of nitrogens with one attached hydrogen (secondary N) is 1. The van der Waals surface area contributed by atoms with Crippen LogP contribution in [0, 0.1) is 12.3 Å². The lowest BCUT2D eigenvalue weighted by atomic mass is 9.78. The molecule has 0 radical (unpaired) electrons. The van der Waals surface area contributed by atoms with Crippen LogP contribution in [0.4, 0.5) is 5.69 Å². The number of carboxylic acid groups (broad SMARTS) is 1. The van der Waals surface area contributed by atoms with Crippen molar-refractivity contribution in [3.8, 4) is 0 Å². The van der Waals surface area contributed by atoms with Gasteiger partial charge in [0.25, 0.3) is 5.91 Å². The van der Waals surface area contributed by atoms with Gasteiger partial charge < -0.3 is 15.3 Å². The van der Waals surface area contributed by atoms with Gasteiger partial charge in [0.1, 0.15) is 0 Å². The lowest BCUT2D eigenvalue weighted by molar-refractivity contribution is -0.138. The minimum Gasteiger partial charge on any atom is -0.481 e. The van der Waals surface area contributed by atoms with E-state index in [-0.39, 0.29) is 36.0 Å². The number of aryl methyl sites for hydroxylation is 1. The highest BCUT2D eigenvalue weighted by Gasteiger charge is 2.42. The van der Waals surface area contributed by atoms with Crippen molar-refractivity contribution in [1.82, 2.24) is 4.90 Å². The van der Waals surface area contributed by atoms with Crippen molar-refractivity contribution < 1.29 is 19.5 Å². The molecule has 0 bridgehead atoms. The van der Waals surface area contributed by atoms with E-state index in [9.17, 15) is 14.4 Å². The SMILES string of the molecule is Cc1ccc(C(=O)N2CC(c3ccccc3)C(C)(C)C2)cc1NC(=O)CCC(=O)O. The smallest absolute Gasteiger partial charge is 0.303 e. The van der Waals surface area contributed by atoms with Crippen molar-refractivity contribution >= 4 is 23.5 Å². The maximum atomic E-state index is 13.2. The molecule has 1 atom stereocenters. The van der Waals surface area contributed by atoms with E-state index in [0.29, 0.717) is 24.3 Å². The Hall–Kier alpha value is -3.15. The number of rotatable bonds is 6. The Labute approximate surface area is 176 Å². The predicted molar refractivity (Wildman–Crippen MR) is 116 cm³/mol. The van der Waals surface area contributed by atoms with E-state index in [1.165, 1.54) is 5.56 Å². The molecule has 1 aliphatic heterocycles. The molecule has 0 aromatic heterocycles. The number of carbonyl (C=O) groups excluding carboxylic acids is 2. The van der Waals surface area contributed by atoms with Gasteiger partial charge in [-0.2, -0.15) is 0 Å². The van der Waals surface area contributed by atoms with Gasteiger partial charge in [-0.05, 0) is 35.6 Å².